The molecule has 0 aliphatic heterocycles. The van der Waals surface area contributed by atoms with Gasteiger partial charge in [0.2, 0.25) is 0 Å². The maximum Gasteiger partial charge on any atom is 0.277 e. The second kappa shape index (κ2) is 9.01. The summed E-state index contributed by atoms with van der Waals surface area (Å²) in [5.41, 5.74) is 3.27. The summed E-state index contributed by atoms with van der Waals surface area (Å²) in [6, 6.07) is 17.2. The van der Waals surface area contributed by atoms with E-state index in [1.165, 1.54) is 0 Å². The number of amides is 1. The van der Waals surface area contributed by atoms with Gasteiger partial charge in [0.1, 0.15) is 11.5 Å². The van der Waals surface area contributed by atoms with Crippen molar-refractivity contribution in [3.8, 4) is 11.5 Å². The summed E-state index contributed by atoms with van der Waals surface area (Å²) >= 11 is 6.76. The third-order valence-electron chi connectivity index (χ3n) is 3.79. The Morgan fingerprint density at radius 1 is 1.11 bits per heavy atom. The van der Waals surface area contributed by atoms with E-state index in [-0.39, 0.29) is 12.5 Å². The van der Waals surface area contributed by atoms with Crippen molar-refractivity contribution in [2.24, 2.45) is 5.10 Å². The summed E-state index contributed by atoms with van der Waals surface area (Å²) in [5, 5.41) is 6.10. The Hall–Kier alpha value is -2.38. The van der Waals surface area contributed by atoms with Crippen LogP contribution in [0.15, 0.2) is 68.6 Å². The number of nitrogens with one attached hydrogen (secondary N) is 1. The number of methoxy groups -OCH3 is 1. The lowest BCUT2D eigenvalue weighted by molar-refractivity contribution is -0.123. The van der Waals surface area contributed by atoms with E-state index in [1.807, 2.05) is 48.5 Å². The molecule has 7 heteroatoms. The van der Waals surface area contributed by atoms with Crippen molar-refractivity contribution < 1.29 is 14.3 Å². The number of hydrazone groups is 1. The van der Waals surface area contributed by atoms with Crippen LogP contribution in [0, 0.1) is 0 Å². The lowest BCUT2D eigenvalue weighted by Gasteiger charge is -2.09. The molecule has 3 aromatic carbocycles. The zero-order valence-corrected chi connectivity index (χ0v) is 17.6. The van der Waals surface area contributed by atoms with Crippen molar-refractivity contribution in [1.29, 1.82) is 0 Å². The van der Waals surface area contributed by atoms with Crippen LogP contribution in [0.1, 0.15) is 5.56 Å². The molecule has 0 spiro atoms. The molecule has 3 rings (SSSR count). The van der Waals surface area contributed by atoms with Crippen LogP contribution in [0.25, 0.3) is 10.8 Å². The van der Waals surface area contributed by atoms with Gasteiger partial charge >= 0.3 is 0 Å². The van der Waals surface area contributed by atoms with Crippen molar-refractivity contribution in [3.63, 3.8) is 0 Å². The molecule has 0 saturated carbocycles. The summed E-state index contributed by atoms with van der Waals surface area (Å²) in [6.07, 6.45) is 1.58. The normalized spacial score (nSPS) is 10.9. The molecule has 1 amide bonds. The highest BCUT2D eigenvalue weighted by molar-refractivity contribution is 9.11. The third-order valence-corrected chi connectivity index (χ3v) is 4.90. The zero-order valence-electron chi connectivity index (χ0n) is 14.4. The molecule has 138 valence electrons. The number of hydrogen-bond acceptors (Lipinski definition) is 4. The highest BCUT2D eigenvalue weighted by Gasteiger charge is 2.07. The summed E-state index contributed by atoms with van der Waals surface area (Å²) in [4.78, 5) is 12.0. The first-order valence-electron chi connectivity index (χ1n) is 8.04. The van der Waals surface area contributed by atoms with Crippen molar-refractivity contribution >= 4 is 54.8 Å². The first-order valence-corrected chi connectivity index (χ1v) is 9.62. The molecule has 5 nitrogen and oxygen atoms in total. The number of benzene rings is 3. The summed E-state index contributed by atoms with van der Waals surface area (Å²) in [5.74, 6) is 0.898. The van der Waals surface area contributed by atoms with Crippen LogP contribution < -0.4 is 14.9 Å². The van der Waals surface area contributed by atoms with Crippen LogP contribution >= 0.6 is 31.9 Å². The molecule has 0 bridgehead atoms. The quantitative estimate of drug-likeness (QED) is 0.394. The minimum absolute atomic E-state index is 0.149. The Bertz CT molecular complexity index is 1010. The van der Waals surface area contributed by atoms with Crippen LogP contribution in [0.2, 0.25) is 0 Å². The second-order valence-corrected chi connectivity index (χ2v) is 7.33. The van der Waals surface area contributed by atoms with Gasteiger partial charge in [-0.2, -0.15) is 5.10 Å². The van der Waals surface area contributed by atoms with Crippen LogP contribution in [0.5, 0.6) is 11.5 Å². The van der Waals surface area contributed by atoms with Gasteiger partial charge in [0, 0.05) is 10.0 Å². The molecule has 3 aromatic rings. The molecule has 0 heterocycles. The number of fused-ring (bicyclic) bond motifs is 1. The molecule has 27 heavy (non-hydrogen) atoms. The molecule has 0 aliphatic rings. The molecular weight excluding hydrogens is 476 g/mol. The monoisotopic (exact) mass is 490 g/mol. The van der Waals surface area contributed by atoms with E-state index < -0.39 is 0 Å². The fourth-order valence-corrected chi connectivity index (χ4v) is 3.68. The fraction of sp³-hybridized carbons (Fsp3) is 0.100. The van der Waals surface area contributed by atoms with Crippen LogP contribution in [0.4, 0.5) is 0 Å². The molecule has 0 unspecified atom stereocenters. The number of carbonyl (C=O) groups is 1. The smallest absolute Gasteiger partial charge is 0.277 e. The van der Waals surface area contributed by atoms with Gasteiger partial charge in [-0.25, -0.2) is 5.43 Å². The van der Waals surface area contributed by atoms with E-state index in [0.717, 1.165) is 25.3 Å². The number of halogens is 2. The van der Waals surface area contributed by atoms with Gasteiger partial charge < -0.3 is 9.47 Å². The SMILES string of the molecule is COc1ccc2ccccc2c1/C=N/NC(=O)COc1ccc(Br)cc1Br. The first-order chi connectivity index (χ1) is 13.1. The van der Waals surface area contributed by atoms with Crippen molar-refractivity contribution in [2.75, 3.05) is 13.7 Å². The molecule has 0 fully saturated rings. The molecular formula is C20H16Br2N2O3. The van der Waals surface area contributed by atoms with Gasteiger partial charge in [-0.05, 0) is 51.0 Å². The largest absolute Gasteiger partial charge is 0.496 e. The molecule has 0 saturated heterocycles. The van der Waals surface area contributed by atoms with Crippen LogP contribution in [-0.2, 0) is 4.79 Å². The number of carbonyl (C=O) groups excluding carboxylic acids is 1. The number of nitrogens with zero attached hydrogens (tertiary/aromatic N) is 1. The highest BCUT2D eigenvalue weighted by Crippen LogP contribution is 2.28. The topological polar surface area (TPSA) is 59.9 Å². The van der Waals surface area contributed by atoms with Gasteiger partial charge in [-0.15, -0.1) is 0 Å². The van der Waals surface area contributed by atoms with E-state index in [4.69, 9.17) is 9.47 Å². The molecule has 0 atom stereocenters. The van der Waals surface area contributed by atoms with Crippen molar-refractivity contribution in [1.82, 2.24) is 5.43 Å². The van der Waals surface area contributed by atoms with Crippen LogP contribution in [-0.4, -0.2) is 25.8 Å². The van der Waals surface area contributed by atoms with E-state index in [1.54, 1.807) is 19.4 Å². The Morgan fingerprint density at radius 2 is 1.89 bits per heavy atom. The number of ether oxygens (including phenoxy) is 2. The van der Waals surface area contributed by atoms with Gasteiger partial charge in [-0.3, -0.25) is 4.79 Å². The molecule has 0 radical (unpaired) electrons. The van der Waals surface area contributed by atoms with Gasteiger partial charge in [0.05, 0.1) is 17.8 Å². The van der Waals surface area contributed by atoms with Gasteiger partial charge in [0.25, 0.3) is 5.91 Å². The average molecular weight is 492 g/mol. The Kier molecular flexibility index (Phi) is 6.47. The zero-order chi connectivity index (χ0) is 19.2. The number of hydrogen-bond donors (Lipinski definition) is 1. The highest BCUT2D eigenvalue weighted by atomic mass is 79.9. The summed E-state index contributed by atoms with van der Waals surface area (Å²) < 4.78 is 12.6. The maximum atomic E-state index is 12.0. The lowest BCUT2D eigenvalue weighted by atomic mass is 10.0. The number of rotatable bonds is 6. The predicted molar refractivity (Wildman–Crippen MR) is 114 cm³/mol. The van der Waals surface area contributed by atoms with Gasteiger partial charge in [-0.1, -0.05) is 46.3 Å². The van der Waals surface area contributed by atoms with Crippen molar-refractivity contribution in [2.45, 2.75) is 0 Å². The Balaban J connectivity index is 1.66. The van der Waals surface area contributed by atoms with E-state index >= 15 is 0 Å². The van der Waals surface area contributed by atoms with Crippen molar-refractivity contribution in [3.05, 3.63) is 69.1 Å². The van der Waals surface area contributed by atoms with Crippen LogP contribution in [0.3, 0.4) is 0 Å². The fourth-order valence-electron chi connectivity index (χ4n) is 2.52. The van der Waals surface area contributed by atoms with Gasteiger partial charge in [0.15, 0.2) is 6.61 Å². The summed E-state index contributed by atoms with van der Waals surface area (Å²) in [6.45, 7) is -0.149. The first kappa shape index (κ1) is 19.4. The van der Waals surface area contributed by atoms with E-state index in [2.05, 4.69) is 42.4 Å². The lowest BCUT2D eigenvalue weighted by Crippen LogP contribution is -2.24. The molecule has 0 aliphatic carbocycles. The average Bonchev–Trinajstić information content (AvgIpc) is 2.67. The Morgan fingerprint density at radius 3 is 2.67 bits per heavy atom. The third kappa shape index (κ3) is 4.87. The minimum atomic E-state index is -0.361. The Labute approximate surface area is 173 Å². The maximum absolute atomic E-state index is 12.0. The molecule has 1 N–H and O–H groups in total. The molecule has 0 aromatic heterocycles. The standard InChI is InChI=1S/C20H16Br2N2O3/c1-26-18-8-6-13-4-2-3-5-15(13)16(18)11-23-24-20(25)12-27-19-9-7-14(21)10-17(19)22/h2-11H,12H2,1H3,(H,24,25)/b23-11+. The summed E-state index contributed by atoms with van der Waals surface area (Å²) in [7, 11) is 1.60. The minimum Gasteiger partial charge on any atom is -0.496 e. The predicted octanol–water partition coefficient (Wildman–Crippen LogP) is 4.90. The second-order valence-electron chi connectivity index (χ2n) is 5.56. The van der Waals surface area contributed by atoms with E-state index in [9.17, 15) is 4.79 Å². The van der Waals surface area contributed by atoms with E-state index in [0.29, 0.717) is 11.5 Å².